The summed E-state index contributed by atoms with van der Waals surface area (Å²) >= 11 is 0. The fourth-order valence-electron chi connectivity index (χ4n) is 1.64. The molecule has 4 nitrogen and oxygen atoms in total. The van der Waals surface area contributed by atoms with Crippen LogP contribution < -0.4 is 11.1 Å². The van der Waals surface area contributed by atoms with E-state index >= 15 is 0 Å². The number of nitrogens with two attached hydrogens (primary N) is 1. The highest BCUT2D eigenvalue weighted by molar-refractivity contribution is 5.76. The topological polar surface area (TPSA) is 71.1 Å². The quantitative estimate of drug-likeness (QED) is 0.543. The summed E-state index contributed by atoms with van der Waals surface area (Å²) in [5, 5.41) is 10.4. The average Bonchev–Trinajstić information content (AvgIpc) is 2.20. The molecule has 74 valence electrons. The van der Waals surface area contributed by atoms with Crippen LogP contribution in [-0.4, -0.2) is 32.5 Å². The zero-order valence-electron chi connectivity index (χ0n) is 7.92. The molecule has 13 heavy (non-hydrogen) atoms. The molecule has 1 aliphatic rings. The summed E-state index contributed by atoms with van der Waals surface area (Å²) in [5.41, 5.74) is 6.30. The molecule has 0 spiro atoms. The van der Waals surface area contributed by atoms with E-state index in [2.05, 4.69) is 5.32 Å². The predicted molar refractivity (Wildman–Crippen MR) is 52.8 cm³/mol. The second-order valence-corrected chi connectivity index (χ2v) is 3.26. The molecule has 1 aliphatic heterocycles. The largest absolute Gasteiger partial charge is 0.404 e. The van der Waals surface area contributed by atoms with Gasteiger partial charge in [0.15, 0.2) is 0 Å². The van der Waals surface area contributed by atoms with Gasteiger partial charge in [0.1, 0.15) is 0 Å². The molecular weight excluding hydrogens is 166 g/mol. The summed E-state index contributed by atoms with van der Waals surface area (Å²) in [6.45, 7) is 1.78. The Bertz CT molecular complexity index is 203. The Kier molecular flexibility index (Phi) is 3.92. The highest BCUT2D eigenvalue weighted by Gasteiger charge is 2.22. The summed E-state index contributed by atoms with van der Waals surface area (Å²) in [5.74, 6) is 0.321. The molecule has 0 aromatic rings. The maximum absolute atomic E-state index is 7.18. The molecule has 1 rings (SSSR count). The van der Waals surface area contributed by atoms with Crippen molar-refractivity contribution in [2.45, 2.75) is 12.5 Å². The number of rotatable bonds is 3. The fourth-order valence-corrected chi connectivity index (χ4v) is 1.64. The van der Waals surface area contributed by atoms with E-state index in [1.54, 1.807) is 7.11 Å². The lowest BCUT2D eigenvalue weighted by molar-refractivity contribution is 0.0686. The Balaban J connectivity index is 2.55. The van der Waals surface area contributed by atoms with E-state index in [9.17, 15) is 0 Å². The average molecular weight is 183 g/mol. The van der Waals surface area contributed by atoms with E-state index in [0.717, 1.165) is 25.1 Å². The maximum Gasteiger partial charge on any atom is 0.0702 e. The molecule has 1 heterocycles. The lowest BCUT2D eigenvalue weighted by atomic mass is 9.91. The number of piperidine rings is 1. The van der Waals surface area contributed by atoms with Crippen molar-refractivity contribution >= 4 is 6.21 Å². The summed E-state index contributed by atoms with van der Waals surface area (Å²) < 4.78 is 5.25. The number of ether oxygens (including phenoxy) is 1. The van der Waals surface area contributed by atoms with Crippen LogP contribution in [0.4, 0.5) is 0 Å². The van der Waals surface area contributed by atoms with E-state index in [-0.39, 0.29) is 6.10 Å². The van der Waals surface area contributed by atoms with Gasteiger partial charge in [0.2, 0.25) is 0 Å². The number of methoxy groups -OCH3 is 1. The minimum absolute atomic E-state index is 0.244. The van der Waals surface area contributed by atoms with Gasteiger partial charge in [-0.25, -0.2) is 0 Å². The first-order valence-electron chi connectivity index (χ1n) is 4.47. The van der Waals surface area contributed by atoms with Gasteiger partial charge in [0, 0.05) is 32.3 Å². The van der Waals surface area contributed by atoms with Crippen LogP contribution in [-0.2, 0) is 4.74 Å². The number of hydrogen-bond donors (Lipinski definition) is 3. The Morgan fingerprint density at radius 1 is 1.62 bits per heavy atom. The van der Waals surface area contributed by atoms with Crippen molar-refractivity contribution in [1.29, 1.82) is 5.41 Å². The molecule has 2 unspecified atom stereocenters. The minimum Gasteiger partial charge on any atom is -0.404 e. The molecular formula is C9H17N3O. The van der Waals surface area contributed by atoms with Crippen molar-refractivity contribution in [2.75, 3.05) is 20.2 Å². The van der Waals surface area contributed by atoms with Crippen molar-refractivity contribution < 1.29 is 4.74 Å². The van der Waals surface area contributed by atoms with E-state index in [0.29, 0.717) is 5.92 Å². The van der Waals surface area contributed by atoms with Gasteiger partial charge in [-0.05, 0) is 18.2 Å². The van der Waals surface area contributed by atoms with Crippen LogP contribution >= 0.6 is 0 Å². The molecule has 0 aromatic heterocycles. The molecule has 0 radical (unpaired) electrons. The highest BCUT2D eigenvalue weighted by Crippen LogP contribution is 2.18. The molecule has 1 saturated heterocycles. The van der Waals surface area contributed by atoms with Crippen molar-refractivity contribution in [3.63, 3.8) is 0 Å². The van der Waals surface area contributed by atoms with Crippen molar-refractivity contribution in [3.8, 4) is 0 Å². The van der Waals surface area contributed by atoms with E-state index in [4.69, 9.17) is 15.9 Å². The molecule has 0 saturated carbocycles. The first-order valence-corrected chi connectivity index (χ1v) is 4.47. The fraction of sp³-hybridized carbons (Fsp3) is 0.667. The van der Waals surface area contributed by atoms with Gasteiger partial charge in [-0.2, -0.15) is 0 Å². The third kappa shape index (κ3) is 2.54. The Morgan fingerprint density at radius 2 is 2.38 bits per heavy atom. The monoisotopic (exact) mass is 183 g/mol. The van der Waals surface area contributed by atoms with Crippen LogP contribution in [0.2, 0.25) is 0 Å². The van der Waals surface area contributed by atoms with Crippen LogP contribution in [0.3, 0.4) is 0 Å². The van der Waals surface area contributed by atoms with Crippen LogP contribution in [0.5, 0.6) is 0 Å². The summed E-state index contributed by atoms with van der Waals surface area (Å²) in [6.07, 6.45) is 4.03. The predicted octanol–water partition coefficient (Wildman–Crippen LogP) is 0.103. The smallest absolute Gasteiger partial charge is 0.0702 e. The highest BCUT2D eigenvalue weighted by atomic mass is 16.5. The molecule has 4 heteroatoms. The molecule has 0 bridgehead atoms. The molecule has 2 atom stereocenters. The first kappa shape index (κ1) is 10.2. The van der Waals surface area contributed by atoms with Gasteiger partial charge in [0.25, 0.3) is 0 Å². The van der Waals surface area contributed by atoms with Crippen molar-refractivity contribution in [2.24, 2.45) is 11.7 Å². The second-order valence-electron chi connectivity index (χ2n) is 3.26. The zero-order valence-corrected chi connectivity index (χ0v) is 7.92. The number of hydrogen-bond acceptors (Lipinski definition) is 4. The van der Waals surface area contributed by atoms with Gasteiger partial charge in [-0.1, -0.05) is 0 Å². The Morgan fingerprint density at radius 3 is 2.92 bits per heavy atom. The van der Waals surface area contributed by atoms with Crippen molar-refractivity contribution in [3.05, 3.63) is 11.8 Å². The van der Waals surface area contributed by atoms with Gasteiger partial charge in [-0.15, -0.1) is 0 Å². The third-order valence-electron chi connectivity index (χ3n) is 2.47. The van der Waals surface area contributed by atoms with Gasteiger partial charge < -0.3 is 21.2 Å². The van der Waals surface area contributed by atoms with Crippen LogP contribution in [0.15, 0.2) is 11.8 Å². The van der Waals surface area contributed by atoms with E-state index < -0.39 is 0 Å². The van der Waals surface area contributed by atoms with E-state index in [1.807, 2.05) is 0 Å². The molecule has 1 fully saturated rings. The molecule has 0 aliphatic carbocycles. The Labute approximate surface area is 78.7 Å². The standard InChI is InChI=1S/C9H17N3O/c1-13-9-2-7(5-12-6-9)8(3-10)4-11/h3-4,7,9-10,12H,2,5-6,11H2,1H3/b8-4+,10-3?. The van der Waals surface area contributed by atoms with Crippen LogP contribution in [0.25, 0.3) is 0 Å². The Hall–Kier alpha value is -0.870. The van der Waals surface area contributed by atoms with Gasteiger partial charge >= 0.3 is 0 Å². The van der Waals surface area contributed by atoms with E-state index in [1.165, 1.54) is 12.4 Å². The van der Waals surface area contributed by atoms with Gasteiger partial charge in [0.05, 0.1) is 6.10 Å². The molecule has 0 aromatic carbocycles. The van der Waals surface area contributed by atoms with Crippen molar-refractivity contribution in [1.82, 2.24) is 5.32 Å². The zero-order chi connectivity index (χ0) is 9.68. The second kappa shape index (κ2) is 4.99. The third-order valence-corrected chi connectivity index (χ3v) is 2.47. The lowest BCUT2D eigenvalue weighted by Gasteiger charge is -2.29. The summed E-state index contributed by atoms with van der Waals surface area (Å²) in [4.78, 5) is 0. The lowest BCUT2D eigenvalue weighted by Crippen LogP contribution is -2.41. The van der Waals surface area contributed by atoms with Crippen LogP contribution in [0, 0.1) is 11.3 Å². The van der Waals surface area contributed by atoms with Crippen LogP contribution in [0.1, 0.15) is 6.42 Å². The number of nitrogens with one attached hydrogen (secondary N) is 2. The summed E-state index contributed by atoms with van der Waals surface area (Å²) in [6, 6.07) is 0. The maximum atomic E-state index is 7.18. The minimum atomic E-state index is 0.244. The normalized spacial score (nSPS) is 30.1. The molecule has 4 N–H and O–H groups in total. The SMILES string of the molecule is COC1CNCC(/C(C=N)=C/N)C1. The first-order chi connectivity index (χ1) is 6.31. The summed E-state index contributed by atoms with van der Waals surface area (Å²) in [7, 11) is 1.71. The molecule has 0 amide bonds. The van der Waals surface area contributed by atoms with Gasteiger partial charge in [-0.3, -0.25) is 0 Å².